The third-order valence-corrected chi connectivity index (χ3v) is 5.65. The van der Waals surface area contributed by atoms with Gasteiger partial charge in [0.1, 0.15) is 0 Å². The molecule has 5 nitrogen and oxygen atoms in total. The molecular weight excluding hydrogens is 364 g/mol. The van der Waals surface area contributed by atoms with Gasteiger partial charge in [0, 0.05) is 5.69 Å². The van der Waals surface area contributed by atoms with Crippen LogP contribution in [0.4, 0.5) is 10.8 Å². The van der Waals surface area contributed by atoms with Gasteiger partial charge in [-0.1, -0.05) is 65.6 Å². The summed E-state index contributed by atoms with van der Waals surface area (Å²) in [5.74, 6) is 0.297. The minimum atomic E-state index is -0.0188. The third-order valence-electron chi connectivity index (χ3n) is 3.68. The van der Waals surface area contributed by atoms with Crippen LogP contribution in [-0.2, 0) is 4.79 Å². The van der Waals surface area contributed by atoms with Gasteiger partial charge in [-0.15, -0.1) is 10.2 Å². The molecule has 1 amide bonds. The molecule has 0 aliphatic rings. The summed E-state index contributed by atoms with van der Waals surface area (Å²) in [6.07, 6.45) is 0. The maximum Gasteiger partial charge on any atom is 0.230 e. The highest BCUT2D eigenvalue weighted by Gasteiger charge is 2.12. The first-order chi connectivity index (χ1) is 12.6. The summed E-state index contributed by atoms with van der Waals surface area (Å²) in [6.45, 7) is 4.02. The van der Waals surface area contributed by atoms with Crippen molar-refractivity contribution in [2.75, 3.05) is 11.1 Å². The van der Waals surface area contributed by atoms with E-state index in [9.17, 15) is 4.79 Å². The van der Waals surface area contributed by atoms with Crippen LogP contribution < -0.4 is 10.6 Å². The van der Waals surface area contributed by atoms with Crippen LogP contribution in [0.1, 0.15) is 24.1 Å². The smallest absolute Gasteiger partial charge is 0.230 e. The first kappa shape index (κ1) is 18.4. The van der Waals surface area contributed by atoms with Crippen molar-refractivity contribution in [1.29, 1.82) is 0 Å². The molecule has 0 unspecified atom stereocenters. The van der Waals surface area contributed by atoms with Crippen LogP contribution in [-0.4, -0.2) is 21.9 Å². The third kappa shape index (κ3) is 5.31. The van der Waals surface area contributed by atoms with Gasteiger partial charge in [-0.3, -0.25) is 4.79 Å². The zero-order chi connectivity index (χ0) is 18.4. The monoisotopic (exact) mass is 384 g/mol. The molecule has 0 fully saturated rings. The second-order valence-corrected chi connectivity index (χ2v) is 8.06. The van der Waals surface area contributed by atoms with Crippen LogP contribution in [0.3, 0.4) is 0 Å². The van der Waals surface area contributed by atoms with Crippen LogP contribution in [0, 0.1) is 6.92 Å². The molecule has 26 heavy (non-hydrogen) atoms. The van der Waals surface area contributed by atoms with E-state index in [0.717, 1.165) is 20.7 Å². The van der Waals surface area contributed by atoms with Crippen LogP contribution in [0.2, 0.25) is 0 Å². The SMILES string of the molecule is Cc1cccc(Nc2nnc(SCC(=O)N[C@@H](C)c3ccccc3)s2)c1. The van der Waals surface area contributed by atoms with Crippen molar-refractivity contribution >= 4 is 39.8 Å². The molecule has 0 spiro atoms. The fourth-order valence-electron chi connectivity index (χ4n) is 2.40. The molecule has 0 saturated carbocycles. The van der Waals surface area contributed by atoms with Gasteiger partial charge < -0.3 is 10.6 Å². The molecule has 2 N–H and O–H groups in total. The number of hydrogen-bond acceptors (Lipinski definition) is 6. The van der Waals surface area contributed by atoms with Gasteiger partial charge in [0.25, 0.3) is 0 Å². The Morgan fingerprint density at radius 3 is 2.73 bits per heavy atom. The lowest BCUT2D eigenvalue weighted by atomic mass is 10.1. The Morgan fingerprint density at radius 2 is 1.96 bits per heavy atom. The zero-order valence-electron chi connectivity index (χ0n) is 14.6. The maximum absolute atomic E-state index is 12.1. The molecule has 0 bridgehead atoms. The van der Waals surface area contributed by atoms with Crippen molar-refractivity contribution in [1.82, 2.24) is 15.5 Å². The Hall–Kier alpha value is -2.38. The van der Waals surface area contributed by atoms with Crippen LogP contribution >= 0.6 is 23.1 Å². The van der Waals surface area contributed by atoms with E-state index in [4.69, 9.17) is 0 Å². The molecular formula is C19H20N4OS2. The summed E-state index contributed by atoms with van der Waals surface area (Å²) in [5, 5.41) is 15.2. The highest BCUT2D eigenvalue weighted by Crippen LogP contribution is 2.27. The Bertz CT molecular complexity index is 867. The van der Waals surface area contributed by atoms with E-state index in [1.54, 1.807) is 0 Å². The van der Waals surface area contributed by atoms with Crippen molar-refractivity contribution in [3.63, 3.8) is 0 Å². The minimum absolute atomic E-state index is 0.0164. The number of amides is 1. The number of thioether (sulfide) groups is 1. The molecule has 0 saturated heterocycles. The van der Waals surface area contributed by atoms with Gasteiger partial charge in [0.2, 0.25) is 11.0 Å². The number of benzene rings is 2. The molecule has 0 aliphatic heterocycles. The number of anilines is 2. The molecule has 1 aromatic heterocycles. The predicted octanol–water partition coefficient (Wildman–Crippen LogP) is 4.56. The summed E-state index contributed by atoms with van der Waals surface area (Å²) in [7, 11) is 0. The molecule has 134 valence electrons. The summed E-state index contributed by atoms with van der Waals surface area (Å²) in [5.41, 5.74) is 3.25. The fraction of sp³-hybridized carbons (Fsp3) is 0.211. The summed E-state index contributed by atoms with van der Waals surface area (Å²) in [4.78, 5) is 12.1. The number of carbonyl (C=O) groups excluding carboxylic acids is 1. The van der Waals surface area contributed by atoms with Gasteiger partial charge >= 0.3 is 0 Å². The number of carbonyl (C=O) groups is 1. The Morgan fingerprint density at radius 1 is 1.15 bits per heavy atom. The highest BCUT2D eigenvalue weighted by molar-refractivity contribution is 8.01. The lowest BCUT2D eigenvalue weighted by Gasteiger charge is -2.13. The van der Waals surface area contributed by atoms with E-state index in [-0.39, 0.29) is 11.9 Å². The normalized spacial score (nSPS) is 11.8. The van der Waals surface area contributed by atoms with Crippen LogP contribution in [0.15, 0.2) is 58.9 Å². The van der Waals surface area contributed by atoms with Gasteiger partial charge in [-0.2, -0.15) is 0 Å². The molecule has 2 aromatic carbocycles. The number of hydrogen-bond donors (Lipinski definition) is 2. The number of aromatic nitrogens is 2. The Balaban J connectivity index is 1.49. The first-order valence-electron chi connectivity index (χ1n) is 8.24. The number of rotatable bonds is 7. The van der Waals surface area contributed by atoms with Crippen molar-refractivity contribution in [2.24, 2.45) is 0 Å². The quantitative estimate of drug-likeness (QED) is 0.585. The number of aryl methyl sites for hydroxylation is 1. The molecule has 1 heterocycles. The lowest BCUT2D eigenvalue weighted by molar-refractivity contribution is -0.119. The second kappa shape index (κ2) is 8.82. The highest BCUT2D eigenvalue weighted by atomic mass is 32.2. The van der Waals surface area contributed by atoms with E-state index in [1.807, 2.05) is 68.4 Å². The van der Waals surface area contributed by atoms with Crippen molar-refractivity contribution in [3.05, 3.63) is 65.7 Å². The van der Waals surface area contributed by atoms with Gasteiger partial charge in [0.15, 0.2) is 4.34 Å². The summed E-state index contributed by atoms with van der Waals surface area (Å²) >= 11 is 2.83. The fourth-order valence-corrected chi connectivity index (χ4v) is 3.98. The molecule has 3 rings (SSSR count). The van der Waals surface area contributed by atoms with Crippen LogP contribution in [0.5, 0.6) is 0 Å². The largest absolute Gasteiger partial charge is 0.349 e. The van der Waals surface area contributed by atoms with E-state index < -0.39 is 0 Å². The van der Waals surface area contributed by atoms with E-state index in [0.29, 0.717) is 5.75 Å². The Kier molecular flexibility index (Phi) is 6.25. The topological polar surface area (TPSA) is 66.9 Å². The standard InChI is InChI=1S/C19H20N4OS2/c1-13-7-6-10-16(11-13)21-18-22-23-19(26-18)25-12-17(24)20-14(2)15-8-4-3-5-9-15/h3-11,14H,12H2,1-2H3,(H,20,24)(H,21,22)/t14-/m0/s1. The molecule has 1 atom stereocenters. The number of nitrogens with zero attached hydrogens (tertiary/aromatic N) is 2. The van der Waals surface area contributed by atoms with E-state index in [2.05, 4.69) is 20.8 Å². The maximum atomic E-state index is 12.1. The zero-order valence-corrected chi connectivity index (χ0v) is 16.2. The van der Waals surface area contributed by atoms with Gasteiger partial charge in [-0.25, -0.2) is 0 Å². The summed E-state index contributed by atoms with van der Waals surface area (Å²) in [6, 6.07) is 18.0. The van der Waals surface area contributed by atoms with E-state index >= 15 is 0 Å². The second-order valence-electron chi connectivity index (χ2n) is 5.86. The number of nitrogens with one attached hydrogen (secondary N) is 2. The summed E-state index contributed by atoms with van der Waals surface area (Å²) < 4.78 is 0.766. The van der Waals surface area contributed by atoms with Crippen LogP contribution in [0.25, 0.3) is 0 Å². The Labute approximate surface area is 161 Å². The predicted molar refractivity (Wildman–Crippen MR) is 108 cm³/mol. The van der Waals surface area contributed by atoms with Crippen molar-refractivity contribution < 1.29 is 4.79 Å². The van der Waals surface area contributed by atoms with Gasteiger partial charge in [0.05, 0.1) is 11.8 Å². The molecule has 7 heteroatoms. The molecule has 0 radical (unpaired) electrons. The van der Waals surface area contributed by atoms with Gasteiger partial charge in [-0.05, 0) is 37.1 Å². The molecule has 0 aliphatic carbocycles. The minimum Gasteiger partial charge on any atom is -0.349 e. The first-order valence-corrected chi connectivity index (χ1v) is 10.0. The lowest BCUT2D eigenvalue weighted by Crippen LogP contribution is -2.28. The van der Waals surface area contributed by atoms with Crippen molar-refractivity contribution in [2.45, 2.75) is 24.2 Å². The molecule has 3 aromatic rings. The van der Waals surface area contributed by atoms with Crippen molar-refractivity contribution in [3.8, 4) is 0 Å². The average molecular weight is 385 g/mol. The van der Waals surface area contributed by atoms with E-state index in [1.165, 1.54) is 28.7 Å². The average Bonchev–Trinajstić information content (AvgIpc) is 3.08.